The second kappa shape index (κ2) is 8.23. The van der Waals surface area contributed by atoms with Crippen LogP contribution >= 0.6 is 23.7 Å². The summed E-state index contributed by atoms with van der Waals surface area (Å²) in [5, 5.41) is 10.6. The molecule has 2 heterocycles. The third kappa shape index (κ3) is 4.40. The zero-order valence-corrected chi connectivity index (χ0v) is 14.3. The number of nitro groups is 1. The van der Waals surface area contributed by atoms with Crippen molar-refractivity contribution in [1.82, 2.24) is 9.80 Å². The van der Waals surface area contributed by atoms with Gasteiger partial charge in [0.1, 0.15) is 0 Å². The van der Waals surface area contributed by atoms with Gasteiger partial charge in [-0.15, -0.1) is 12.4 Å². The third-order valence-electron chi connectivity index (χ3n) is 3.64. The van der Waals surface area contributed by atoms with Crippen molar-refractivity contribution >= 4 is 40.6 Å². The van der Waals surface area contributed by atoms with Gasteiger partial charge in [0.2, 0.25) is 5.91 Å². The Kier molecular flexibility index (Phi) is 6.92. The molecule has 23 heavy (non-hydrogen) atoms. The molecular formula is C13H19ClN4O4S. The minimum Gasteiger partial charge on any atom is -0.339 e. The molecular weight excluding hydrogens is 344 g/mol. The number of nitrogens with zero attached hydrogens (tertiary/aromatic N) is 3. The number of piperazine rings is 1. The van der Waals surface area contributed by atoms with Crippen molar-refractivity contribution in [2.75, 3.05) is 32.7 Å². The molecule has 1 aromatic heterocycles. The Balaban J connectivity index is 0.00000264. The summed E-state index contributed by atoms with van der Waals surface area (Å²) in [5.41, 5.74) is 5.49. The van der Waals surface area contributed by atoms with E-state index in [4.69, 9.17) is 5.73 Å². The van der Waals surface area contributed by atoms with E-state index in [1.165, 1.54) is 12.1 Å². The average molecular weight is 363 g/mol. The monoisotopic (exact) mass is 362 g/mol. The molecule has 10 heteroatoms. The number of halogens is 1. The summed E-state index contributed by atoms with van der Waals surface area (Å²) in [6.45, 7) is 3.85. The summed E-state index contributed by atoms with van der Waals surface area (Å²) < 4.78 is 0. The van der Waals surface area contributed by atoms with Crippen molar-refractivity contribution in [3.8, 4) is 0 Å². The molecule has 2 rings (SSSR count). The van der Waals surface area contributed by atoms with Gasteiger partial charge in [0, 0.05) is 44.7 Å². The van der Waals surface area contributed by atoms with Crippen molar-refractivity contribution < 1.29 is 14.5 Å². The van der Waals surface area contributed by atoms with Crippen LogP contribution in [-0.4, -0.2) is 59.3 Å². The van der Waals surface area contributed by atoms with Gasteiger partial charge >= 0.3 is 5.00 Å². The second-order valence-corrected chi connectivity index (χ2v) is 6.21. The SMILES string of the molecule is CC(CN)C(=O)N1CCN(C(=O)c2ccc([N+](=O)[O-])s2)CC1.Cl. The predicted octanol–water partition coefficient (Wildman–Crippen LogP) is 0.957. The zero-order valence-electron chi connectivity index (χ0n) is 12.6. The lowest BCUT2D eigenvalue weighted by molar-refractivity contribution is -0.380. The molecule has 0 bridgehead atoms. The highest BCUT2D eigenvalue weighted by atomic mass is 35.5. The number of thiophene rings is 1. The molecule has 1 aromatic rings. The van der Waals surface area contributed by atoms with Crippen LogP contribution in [0, 0.1) is 16.0 Å². The van der Waals surface area contributed by atoms with Crippen LogP contribution in [0.5, 0.6) is 0 Å². The van der Waals surface area contributed by atoms with Crippen LogP contribution in [-0.2, 0) is 4.79 Å². The molecule has 2 N–H and O–H groups in total. The van der Waals surface area contributed by atoms with Crippen molar-refractivity contribution in [1.29, 1.82) is 0 Å². The van der Waals surface area contributed by atoms with Crippen LogP contribution in [0.15, 0.2) is 12.1 Å². The molecule has 0 aliphatic carbocycles. The summed E-state index contributed by atoms with van der Waals surface area (Å²) in [6.07, 6.45) is 0. The zero-order chi connectivity index (χ0) is 16.3. The fourth-order valence-electron chi connectivity index (χ4n) is 2.24. The number of amides is 2. The van der Waals surface area contributed by atoms with Gasteiger partial charge in [-0.05, 0) is 6.07 Å². The highest BCUT2D eigenvalue weighted by Crippen LogP contribution is 2.25. The molecule has 1 saturated heterocycles. The molecule has 128 valence electrons. The lowest BCUT2D eigenvalue weighted by Crippen LogP contribution is -2.52. The first-order valence-corrected chi connectivity index (χ1v) is 7.78. The Bertz CT molecular complexity index is 586. The van der Waals surface area contributed by atoms with Gasteiger partial charge in [0.25, 0.3) is 5.91 Å². The number of nitrogens with two attached hydrogens (primary N) is 1. The summed E-state index contributed by atoms with van der Waals surface area (Å²) in [7, 11) is 0. The summed E-state index contributed by atoms with van der Waals surface area (Å²) in [4.78, 5) is 38.1. The molecule has 1 unspecified atom stereocenters. The fourth-order valence-corrected chi connectivity index (χ4v) is 3.03. The maximum Gasteiger partial charge on any atom is 0.324 e. The molecule has 1 fully saturated rings. The molecule has 2 amide bonds. The van der Waals surface area contributed by atoms with E-state index in [0.717, 1.165) is 11.3 Å². The molecule has 0 radical (unpaired) electrons. The summed E-state index contributed by atoms with van der Waals surface area (Å²) in [5.74, 6) is -0.444. The minimum absolute atomic E-state index is 0. The molecule has 1 aliphatic rings. The fraction of sp³-hybridized carbons (Fsp3) is 0.538. The quantitative estimate of drug-likeness (QED) is 0.633. The first kappa shape index (κ1) is 19.3. The average Bonchev–Trinajstić information content (AvgIpc) is 3.03. The van der Waals surface area contributed by atoms with Crippen molar-refractivity contribution in [3.63, 3.8) is 0 Å². The lowest BCUT2D eigenvalue weighted by Gasteiger charge is -2.35. The van der Waals surface area contributed by atoms with E-state index in [0.29, 0.717) is 37.6 Å². The van der Waals surface area contributed by atoms with Crippen molar-refractivity contribution in [2.45, 2.75) is 6.92 Å². The smallest absolute Gasteiger partial charge is 0.324 e. The van der Waals surface area contributed by atoms with E-state index >= 15 is 0 Å². The lowest BCUT2D eigenvalue weighted by atomic mass is 10.1. The van der Waals surface area contributed by atoms with Crippen molar-refractivity contribution in [3.05, 3.63) is 27.1 Å². The predicted molar refractivity (Wildman–Crippen MR) is 88.9 cm³/mol. The summed E-state index contributed by atoms with van der Waals surface area (Å²) >= 11 is 0.871. The van der Waals surface area contributed by atoms with Gasteiger partial charge in [-0.1, -0.05) is 18.3 Å². The molecule has 0 saturated carbocycles. The van der Waals surface area contributed by atoms with Gasteiger partial charge < -0.3 is 15.5 Å². The Morgan fingerprint density at radius 1 is 1.30 bits per heavy atom. The number of carbonyl (C=O) groups excluding carboxylic acids is 2. The molecule has 0 aromatic carbocycles. The van der Waals surface area contributed by atoms with Gasteiger partial charge in [-0.3, -0.25) is 19.7 Å². The van der Waals surface area contributed by atoms with Gasteiger partial charge in [-0.2, -0.15) is 0 Å². The van der Waals surface area contributed by atoms with E-state index in [1.807, 2.05) is 0 Å². The van der Waals surface area contributed by atoms with Gasteiger partial charge in [0.05, 0.1) is 9.80 Å². The normalized spacial score (nSPS) is 15.7. The maximum absolute atomic E-state index is 12.3. The highest BCUT2D eigenvalue weighted by Gasteiger charge is 2.28. The third-order valence-corrected chi connectivity index (χ3v) is 4.66. The first-order valence-electron chi connectivity index (χ1n) is 6.96. The van der Waals surface area contributed by atoms with E-state index in [-0.39, 0.29) is 35.1 Å². The van der Waals surface area contributed by atoms with Gasteiger partial charge in [-0.25, -0.2) is 0 Å². The number of carbonyl (C=O) groups is 2. The first-order chi connectivity index (χ1) is 10.4. The minimum atomic E-state index is -0.508. The van der Waals surface area contributed by atoms with Crippen LogP contribution in [0.3, 0.4) is 0 Å². The molecule has 1 atom stereocenters. The van der Waals surface area contributed by atoms with E-state index in [9.17, 15) is 19.7 Å². The number of hydrogen-bond acceptors (Lipinski definition) is 6. The molecule has 0 spiro atoms. The van der Waals surface area contributed by atoms with Crippen molar-refractivity contribution in [2.24, 2.45) is 11.7 Å². The maximum atomic E-state index is 12.3. The van der Waals surface area contributed by atoms with E-state index in [1.54, 1.807) is 16.7 Å². The Labute approximate surface area is 143 Å². The van der Waals surface area contributed by atoms with Crippen LogP contribution in [0.25, 0.3) is 0 Å². The Morgan fingerprint density at radius 2 is 1.87 bits per heavy atom. The summed E-state index contributed by atoms with van der Waals surface area (Å²) in [6, 6.07) is 2.81. The Morgan fingerprint density at radius 3 is 2.35 bits per heavy atom. The van der Waals surface area contributed by atoms with Crippen LogP contribution in [0.4, 0.5) is 5.00 Å². The van der Waals surface area contributed by atoms with Crippen LogP contribution in [0.1, 0.15) is 16.6 Å². The molecule has 1 aliphatic heterocycles. The van der Waals surface area contributed by atoms with Crippen LogP contribution in [0.2, 0.25) is 0 Å². The highest BCUT2D eigenvalue weighted by molar-refractivity contribution is 7.17. The molecule has 8 nitrogen and oxygen atoms in total. The number of hydrogen-bond donors (Lipinski definition) is 1. The van der Waals surface area contributed by atoms with E-state index in [2.05, 4.69) is 0 Å². The van der Waals surface area contributed by atoms with E-state index < -0.39 is 4.92 Å². The second-order valence-electron chi connectivity index (χ2n) is 5.15. The number of rotatable bonds is 4. The largest absolute Gasteiger partial charge is 0.339 e. The van der Waals surface area contributed by atoms with Gasteiger partial charge in [0.15, 0.2) is 0 Å². The standard InChI is InChI=1S/C13H18N4O4S.ClH/c1-9(8-14)12(18)15-4-6-16(7-5-15)13(19)10-2-3-11(22-10)17(20)21;/h2-3,9H,4-8,14H2,1H3;1H. The van der Waals surface area contributed by atoms with Crippen LogP contribution < -0.4 is 5.73 Å². The topological polar surface area (TPSA) is 110 Å². The Hall–Kier alpha value is -1.71.